The van der Waals surface area contributed by atoms with Crippen LogP contribution >= 0.6 is 11.8 Å². The Bertz CT molecular complexity index is 825. The van der Waals surface area contributed by atoms with Gasteiger partial charge in [-0.1, -0.05) is 30.0 Å². The number of H-pyrrole nitrogens is 1. The Morgan fingerprint density at radius 2 is 2.14 bits per heavy atom. The van der Waals surface area contributed by atoms with Crippen LogP contribution in [0.1, 0.15) is 0 Å². The average Bonchev–Trinajstić information content (AvgIpc) is 3.16. The van der Waals surface area contributed by atoms with Gasteiger partial charge in [-0.05, 0) is 12.1 Å². The smallest absolute Gasteiger partial charge is 0.362 e. The molecule has 2 aromatic heterocycles. The van der Waals surface area contributed by atoms with Gasteiger partial charge in [-0.2, -0.15) is 9.77 Å². The Labute approximate surface area is 127 Å². The van der Waals surface area contributed by atoms with E-state index in [0.717, 1.165) is 22.0 Å². The summed E-state index contributed by atoms with van der Waals surface area (Å²) in [6.07, 6.45) is 1.17. The number of carbonyl (C=O) groups excluding carboxylic acids is 1. The summed E-state index contributed by atoms with van der Waals surface area (Å²) >= 11 is 1.07. The lowest BCUT2D eigenvalue weighted by Gasteiger charge is -2.01. The summed E-state index contributed by atoms with van der Waals surface area (Å²) in [7, 11) is 0. The van der Waals surface area contributed by atoms with Crippen LogP contribution in [-0.2, 0) is 4.79 Å². The summed E-state index contributed by atoms with van der Waals surface area (Å²) < 4.78 is 6.40. The third kappa shape index (κ3) is 3.23. The van der Waals surface area contributed by atoms with Crippen molar-refractivity contribution in [1.29, 1.82) is 0 Å². The van der Waals surface area contributed by atoms with E-state index in [1.807, 2.05) is 30.3 Å². The number of aromatic amines is 1. The van der Waals surface area contributed by atoms with Crippen LogP contribution in [0.15, 0.2) is 51.1 Å². The van der Waals surface area contributed by atoms with E-state index in [4.69, 9.17) is 4.42 Å². The molecule has 0 unspecified atom stereocenters. The van der Waals surface area contributed by atoms with Crippen LogP contribution in [0.2, 0.25) is 0 Å². The topological polar surface area (TPSA) is 119 Å². The largest absolute Gasteiger partial charge is 0.411 e. The lowest BCUT2D eigenvalue weighted by atomic mass is 10.2. The van der Waals surface area contributed by atoms with Gasteiger partial charge in [-0.15, -0.1) is 10.2 Å². The first-order valence-corrected chi connectivity index (χ1v) is 7.14. The predicted molar refractivity (Wildman–Crippen MR) is 77.7 cm³/mol. The molecule has 0 atom stereocenters. The Morgan fingerprint density at radius 3 is 2.86 bits per heavy atom. The van der Waals surface area contributed by atoms with Crippen molar-refractivity contribution in [2.24, 2.45) is 0 Å². The predicted octanol–water partition coefficient (Wildman–Crippen LogP) is 0.484. The molecule has 3 rings (SSSR count). The molecule has 0 aliphatic rings. The maximum absolute atomic E-state index is 11.7. The second-order valence-electron chi connectivity index (χ2n) is 4.09. The first kappa shape index (κ1) is 14.1. The van der Waals surface area contributed by atoms with Crippen molar-refractivity contribution in [3.63, 3.8) is 0 Å². The number of carbonyl (C=O) groups is 1. The van der Waals surface area contributed by atoms with Crippen molar-refractivity contribution in [3.05, 3.63) is 47.1 Å². The molecule has 0 spiro atoms. The van der Waals surface area contributed by atoms with Crippen molar-refractivity contribution >= 4 is 17.7 Å². The van der Waals surface area contributed by atoms with Crippen LogP contribution in [0.5, 0.6) is 0 Å². The average molecular weight is 318 g/mol. The molecule has 3 aromatic rings. The highest BCUT2D eigenvalue weighted by Gasteiger charge is 2.11. The molecule has 0 fully saturated rings. The van der Waals surface area contributed by atoms with Crippen molar-refractivity contribution in [1.82, 2.24) is 25.1 Å². The lowest BCUT2D eigenvalue weighted by molar-refractivity contribution is -0.114. The maximum atomic E-state index is 11.7. The van der Waals surface area contributed by atoms with E-state index in [0.29, 0.717) is 5.89 Å². The fraction of sp³-hybridized carbons (Fsp3) is 0.0833. The first-order chi connectivity index (χ1) is 10.7. The quantitative estimate of drug-likeness (QED) is 0.657. The molecule has 22 heavy (non-hydrogen) atoms. The summed E-state index contributed by atoms with van der Waals surface area (Å²) in [6, 6.07) is 9.31. The monoisotopic (exact) mass is 318 g/mol. The molecule has 0 radical (unpaired) electrons. The van der Waals surface area contributed by atoms with Crippen LogP contribution in [0.3, 0.4) is 0 Å². The van der Waals surface area contributed by atoms with E-state index in [9.17, 15) is 9.59 Å². The van der Waals surface area contributed by atoms with Crippen molar-refractivity contribution < 1.29 is 9.21 Å². The maximum Gasteiger partial charge on any atom is 0.362 e. The number of hydrogen-bond acceptors (Lipinski definition) is 7. The van der Waals surface area contributed by atoms with E-state index in [-0.39, 0.29) is 11.0 Å². The standard InChI is InChI=1S/C12H10N6O3S/c19-9(17-18-7-13-15-11(18)20)6-22-12-16-14-10(21-12)8-4-2-1-3-5-8/h1-5,7H,6H2,(H,15,20)(H,17,19). The van der Waals surface area contributed by atoms with Crippen LogP contribution in [0, 0.1) is 0 Å². The van der Waals surface area contributed by atoms with E-state index in [1.165, 1.54) is 6.33 Å². The fourth-order valence-electron chi connectivity index (χ4n) is 1.59. The van der Waals surface area contributed by atoms with Gasteiger partial charge in [0, 0.05) is 5.56 Å². The number of hydrogen-bond donors (Lipinski definition) is 2. The van der Waals surface area contributed by atoms with E-state index in [2.05, 4.69) is 25.8 Å². The van der Waals surface area contributed by atoms with Crippen LogP contribution in [-0.4, -0.2) is 36.7 Å². The number of rotatable bonds is 5. The molecule has 0 saturated heterocycles. The van der Waals surface area contributed by atoms with E-state index in [1.54, 1.807) is 0 Å². The SMILES string of the molecule is O=C(CSc1nnc(-c2ccccc2)o1)Nn1cn[nH]c1=O. The van der Waals surface area contributed by atoms with Gasteiger partial charge < -0.3 is 4.42 Å². The van der Waals surface area contributed by atoms with Crippen molar-refractivity contribution in [2.75, 3.05) is 11.2 Å². The lowest BCUT2D eigenvalue weighted by Crippen LogP contribution is -2.31. The Morgan fingerprint density at radius 1 is 1.32 bits per heavy atom. The van der Waals surface area contributed by atoms with Gasteiger partial charge >= 0.3 is 5.69 Å². The third-order valence-electron chi connectivity index (χ3n) is 2.55. The van der Waals surface area contributed by atoms with Crippen LogP contribution in [0.25, 0.3) is 11.5 Å². The van der Waals surface area contributed by atoms with E-state index >= 15 is 0 Å². The van der Waals surface area contributed by atoms with Gasteiger partial charge in [0.2, 0.25) is 11.8 Å². The fourth-order valence-corrected chi connectivity index (χ4v) is 2.14. The minimum atomic E-state index is -0.525. The number of amides is 1. The molecule has 10 heteroatoms. The summed E-state index contributed by atoms with van der Waals surface area (Å²) in [5.74, 6) is 0.0103. The number of nitrogens with one attached hydrogen (secondary N) is 2. The second kappa shape index (κ2) is 6.26. The highest BCUT2D eigenvalue weighted by molar-refractivity contribution is 7.99. The molecule has 1 aromatic carbocycles. The molecule has 2 N–H and O–H groups in total. The minimum Gasteiger partial charge on any atom is -0.411 e. The van der Waals surface area contributed by atoms with Crippen LogP contribution < -0.4 is 11.1 Å². The Kier molecular flexibility index (Phi) is 4.01. The number of thioether (sulfide) groups is 1. The molecule has 1 amide bonds. The van der Waals surface area contributed by atoms with Gasteiger partial charge in [0.15, 0.2) is 0 Å². The molecular weight excluding hydrogens is 308 g/mol. The van der Waals surface area contributed by atoms with Gasteiger partial charge in [-0.3, -0.25) is 10.2 Å². The van der Waals surface area contributed by atoms with Gasteiger partial charge in [0.25, 0.3) is 5.22 Å². The molecule has 9 nitrogen and oxygen atoms in total. The third-order valence-corrected chi connectivity index (χ3v) is 3.37. The van der Waals surface area contributed by atoms with Gasteiger partial charge in [0.1, 0.15) is 6.33 Å². The van der Waals surface area contributed by atoms with Crippen LogP contribution in [0.4, 0.5) is 0 Å². The molecule has 112 valence electrons. The molecule has 0 bridgehead atoms. The molecule has 0 aliphatic heterocycles. The molecule has 0 aliphatic carbocycles. The zero-order chi connectivity index (χ0) is 15.4. The highest BCUT2D eigenvalue weighted by atomic mass is 32.2. The summed E-state index contributed by atoms with van der Waals surface area (Å²) in [5.41, 5.74) is 2.64. The van der Waals surface area contributed by atoms with Crippen molar-refractivity contribution in [2.45, 2.75) is 5.22 Å². The van der Waals surface area contributed by atoms with Crippen molar-refractivity contribution in [3.8, 4) is 11.5 Å². The minimum absolute atomic E-state index is 0.0219. The number of nitrogens with zero attached hydrogens (tertiary/aromatic N) is 4. The normalized spacial score (nSPS) is 10.5. The van der Waals surface area contributed by atoms with Gasteiger partial charge in [0.05, 0.1) is 5.75 Å². The molecule has 2 heterocycles. The summed E-state index contributed by atoms with van der Waals surface area (Å²) in [5, 5.41) is 13.7. The zero-order valence-electron chi connectivity index (χ0n) is 11.1. The summed E-state index contributed by atoms with van der Waals surface area (Å²) in [4.78, 5) is 22.9. The number of aromatic nitrogens is 5. The zero-order valence-corrected chi connectivity index (χ0v) is 11.9. The second-order valence-corrected chi connectivity index (χ2v) is 5.02. The van der Waals surface area contributed by atoms with Gasteiger partial charge in [-0.25, -0.2) is 9.89 Å². The number of benzene rings is 1. The molecule has 0 saturated carbocycles. The molecular formula is C12H10N6O3S. The summed E-state index contributed by atoms with van der Waals surface area (Å²) in [6.45, 7) is 0. The first-order valence-electron chi connectivity index (χ1n) is 6.16. The Balaban J connectivity index is 1.58. The highest BCUT2D eigenvalue weighted by Crippen LogP contribution is 2.22. The Hall–Kier alpha value is -2.88. The van der Waals surface area contributed by atoms with E-state index < -0.39 is 11.6 Å².